The van der Waals surface area contributed by atoms with Crippen LogP contribution in [0, 0.1) is 0 Å². The molecule has 9 heteroatoms. The average Bonchev–Trinajstić information content (AvgIpc) is 2.82. The lowest BCUT2D eigenvalue weighted by molar-refractivity contribution is 0.0951. The van der Waals surface area contributed by atoms with Gasteiger partial charge in [0.25, 0.3) is 5.91 Å². The van der Waals surface area contributed by atoms with Gasteiger partial charge in [-0.1, -0.05) is 27.7 Å². The predicted octanol–water partition coefficient (Wildman–Crippen LogP) is 1.56. The standard InChI is InChI=1S/C8H5Cl2N5OS/c9-6-1-5(7(10)14-13-6)8(16)11-2-4-3-12-15-17-4/h1,3H,2H2,(H,11,16). The van der Waals surface area contributed by atoms with Crippen molar-refractivity contribution in [2.75, 3.05) is 0 Å². The van der Waals surface area contributed by atoms with Gasteiger partial charge in [0.05, 0.1) is 23.2 Å². The maximum atomic E-state index is 11.8. The third kappa shape index (κ3) is 3.09. The van der Waals surface area contributed by atoms with Crippen molar-refractivity contribution in [3.8, 4) is 0 Å². The molecule has 0 saturated heterocycles. The molecule has 0 aromatic carbocycles. The van der Waals surface area contributed by atoms with Gasteiger partial charge in [-0.3, -0.25) is 4.79 Å². The Morgan fingerprint density at radius 1 is 1.41 bits per heavy atom. The smallest absolute Gasteiger partial charge is 0.254 e. The number of nitrogens with one attached hydrogen (secondary N) is 1. The second kappa shape index (κ2) is 5.35. The van der Waals surface area contributed by atoms with Gasteiger partial charge in [-0.05, 0) is 17.6 Å². The predicted molar refractivity (Wildman–Crippen MR) is 63.1 cm³/mol. The van der Waals surface area contributed by atoms with Crippen molar-refractivity contribution >= 4 is 40.6 Å². The van der Waals surface area contributed by atoms with E-state index in [1.807, 2.05) is 0 Å². The average molecular weight is 290 g/mol. The molecule has 2 aromatic heterocycles. The van der Waals surface area contributed by atoms with Crippen LogP contribution in [0.25, 0.3) is 0 Å². The van der Waals surface area contributed by atoms with Gasteiger partial charge >= 0.3 is 0 Å². The van der Waals surface area contributed by atoms with Gasteiger partial charge in [0.1, 0.15) is 0 Å². The highest BCUT2D eigenvalue weighted by Crippen LogP contribution is 2.15. The molecule has 0 saturated carbocycles. The maximum Gasteiger partial charge on any atom is 0.254 e. The summed E-state index contributed by atoms with van der Waals surface area (Å²) in [7, 11) is 0. The van der Waals surface area contributed by atoms with E-state index in [1.54, 1.807) is 6.20 Å². The van der Waals surface area contributed by atoms with E-state index in [2.05, 4.69) is 25.1 Å². The molecule has 0 atom stereocenters. The van der Waals surface area contributed by atoms with Crippen LogP contribution in [0.15, 0.2) is 12.3 Å². The van der Waals surface area contributed by atoms with Gasteiger partial charge in [0.2, 0.25) is 0 Å². The Labute approximate surface area is 110 Å². The van der Waals surface area contributed by atoms with Crippen molar-refractivity contribution in [2.24, 2.45) is 0 Å². The Balaban J connectivity index is 2.07. The SMILES string of the molecule is O=C(NCc1cnns1)c1cc(Cl)nnc1Cl. The van der Waals surface area contributed by atoms with Crippen LogP contribution >= 0.6 is 34.7 Å². The van der Waals surface area contributed by atoms with Crippen LogP contribution in [-0.4, -0.2) is 25.7 Å². The maximum absolute atomic E-state index is 11.8. The van der Waals surface area contributed by atoms with Crippen LogP contribution in [0.3, 0.4) is 0 Å². The molecule has 0 fully saturated rings. The second-order valence-corrected chi connectivity index (χ2v) is 4.55. The molecule has 0 spiro atoms. The molecule has 0 unspecified atom stereocenters. The Morgan fingerprint density at radius 3 is 2.94 bits per heavy atom. The molecule has 1 amide bonds. The lowest BCUT2D eigenvalue weighted by Gasteiger charge is -2.04. The summed E-state index contributed by atoms with van der Waals surface area (Å²) in [5.74, 6) is -0.375. The second-order valence-electron chi connectivity index (χ2n) is 2.94. The first kappa shape index (κ1) is 12.2. The lowest BCUT2D eigenvalue weighted by Crippen LogP contribution is -2.23. The summed E-state index contributed by atoms with van der Waals surface area (Å²) in [5, 5.41) is 13.5. The molecule has 2 aromatic rings. The fourth-order valence-electron chi connectivity index (χ4n) is 1.04. The Hall–Kier alpha value is -1.31. The van der Waals surface area contributed by atoms with Crippen LogP contribution in [-0.2, 0) is 6.54 Å². The molecule has 2 heterocycles. The highest BCUT2D eigenvalue weighted by molar-refractivity contribution is 7.05. The van der Waals surface area contributed by atoms with E-state index >= 15 is 0 Å². The molecule has 0 aliphatic rings. The number of carbonyl (C=O) groups excluding carboxylic acids is 1. The van der Waals surface area contributed by atoms with Crippen LogP contribution in [0.2, 0.25) is 10.3 Å². The van der Waals surface area contributed by atoms with E-state index in [1.165, 1.54) is 17.6 Å². The summed E-state index contributed by atoms with van der Waals surface area (Å²) < 4.78 is 3.68. The zero-order chi connectivity index (χ0) is 12.3. The molecular weight excluding hydrogens is 285 g/mol. The van der Waals surface area contributed by atoms with Gasteiger partial charge < -0.3 is 5.32 Å². The molecule has 0 bridgehead atoms. The number of hydrogen-bond donors (Lipinski definition) is 1. The first-order valence-corrected chi connectivity index (χ1v) is 5.93. The summed E-state index contributed by atoms with van der Waals surface area (Å²) in [6.07, 6.45) is 1.57. The first-order valence-electron chi connectivity index (χ1n) is 4.40. The number of halogens is 2. The minimum absolute atomic E-state index is 0.00864. The van der Waals surface area contributed by atoms with Crippen LogP contribution < -0.4 is 5.32 Å². The number of hydrogen-bond acceptors (Lipinski definition) is 6. The van der Waals surface area contributed by atoms with E-state index in [0.717, 1.165) is 4.88 Å². The van der Waals surface area contributed by atoms with E-state index < -0.39 is 0 Å². The quantitative estimate of drug-likeness (QED) is 0.928. The van der Waals surface area contributed by atoms with Crippen molar-refractivity contribution < 1.29 is 4.79 Å². The Bertz CT molecular complexity index is 533. The van der Waals surface area contributed by atoms with Crippen LogP contribution in [0.4, 0.5) is 0 Å². The van der Waals surface area contributed by atoms with Crippen molar-refractivity contribution in [1.82, 2.24) is 25.1 Å². The fourth-order valence-corrected chi connectivity index (χ4v) is 1.80. The molecule has 0 radical (unpaired) electrons. The van der Waals surface area contributed by atoms with Crippen molar-refractivity contribution in [2.45, 2.75) is 6.54 Å². The number of carbonyl (C=O) groups is 1. The topological polar surface area (TPSA) is 80.7 Å². The van der Waals surface area contributed by atoms with Gasteiger partial charge in [0.15, 0.2) is 10.3 Å². The van der Waals surface area contributed by atoms with Crippen LogP contribution in [0.5, 0.6) is 0 Å². The summed E-state index contributed by atoms with van der Waals surface area (Å²) in [6.45, 7) is 0.326. The minimum atomic E-state index is -0.375. The zero-order valence-electron chi connectivity index (χ0n) is 8.22. The van der Waals surface area contributed by atoms with Gasteiger partial charge in [-0.2, -0.15) is 0 Å². The summed E-state index contributed by atoms with van der Waals surface area (Å²) in [4.78, 5) is 12.6. The molecule has 6 nitrogen and oxygen atoms in total. The zero-order valence-corrected chi connectivity index (χ0v) is 10.6. The molecule has 0 aliphatic carbocycles. The van der Waals surface area contributed by atoms with Crippen molar-refractivity contribution in [1.29, 1.82) is 0 Å². The number of aromatic nitrogens is 4. The summed E-state index contributed by atoms with van der Waals surface area (Å²) in [6, 6.07) is 1.36. The van der Waals surface area contributed by atoms with E-state index in [0.29, 0.717) is 6.54 Å². The highest BCUT2D eigenvalue weighted by Gasteiger charge is 2.13. The largest absolute Gasteiger partial charge is 0.347 e. The molecule has 17 heavy (non-hydrogen) atoms. The van der Waals surface area contributed by atoms with Crippen LogP contribution in [0.1, 0.15) is 15.2 Å². The van der Waals surface area contributed by atoms with E-state index in [4.69, 9.17) is 23.2 Å². The van der Waals surface area contributed by atoms with Crippen molar-refractivity contribution in [3.05, 3.63) is 33.0 Å². The monoisotopic (exact) mass is 289 g/mol. The van der Waals surface area contributed by atoms with Gasteiger partial charge in [-0.15, -0.1) is 15.3 Å². The third-order valence-corrected chi connectivity index (χ3v) is 2.92. The summed E-state index contributed by atoms with van der Waals surface area (Å²) in [5.41, 5.74) is 0.184. The van der Waals surface area contributed by atoms with Crippen molar-refractivity contribution in [3.63, 3.8) is 0 Å². The van der Waals surface area contributed by atoms with E-state index in [-0.39, 0.29) is 21.8 Å². The molecule has 0 aliphatic heterocycles. The lowest BCUT2D eigenvalue weighted by atomic mass is 10.3. The Kier molecular flexibility index (Phi) is 3.82. The number of nitrogens with zero attached hydrogens (tertiary/aromatic N) is 4. The minimum Gasteiger partial charge on any atom is -0.347 e. The molecule has 1 N–H and O–H groups in total. The Morgan fingerprint density at radius 2 is 2.24 bits per heavy atom. The molecular formula is C8H5Cl2N5OS. The first-order chi connectivity index (χ1) is 8.16. The number of rotatable bonds is 3. The third-order valence-electron chi connectivity index (χ3n) is 1.79. The fraction of sp³-hybridized carbons (Fsp3) is 0.125. The molecule has 88 valence electrons. The normalized spacial score (nSPS) is 10.2. The van der Waals surface area contributed by atoms with Gasteiger partial charge in [0, 0.05) is 0 Å². The number of amides is 1. The molecule has 2 rings (SSSR count). The van der Waals surface area contributed by atoms with E-state index in [9.17, 15) is 4.79 Å². The van der Waals surface area contributed by atoms with Gasteiger partial charge in [-0.25, -0.2) is 0 Å². The summed E-state index contributed by atoms with van der Waals surface area (Å²) >= 11 is 12.6. The highest BCUT2D eigenvalue weighted by atomic mass is 35.5.